The number of ether oxygens (including phenoxy) is 1. The largest absolute Gasteiger partial charge is 0.480 e. The molecule has 0 bridgehead atoms. The SMILES string of the molecule is C=CCOC(=O)NC(CSSC(C)(C)C)C(=O)O. The lowest BCUT2D eigenvalue weighted by Gasteiger charge is -2.18. The number of amides is 1. The van der Waals surface area contributed by atoms with Crippen molar-refractivity contribution in [3.8, 4) is 0 Å². The number of aliphatic carboxylic acids is 1. The van der Waals surface area contributed by atoms with E-state index in [1.165, 1.54) is 16.9 Å². The molecule has 0 aliphatic rings. The molecule has 104 valence electrons. The Labute approximate surface area is 115 Å². The van der Waals surface area contributed by atoms with Gasteiger partial charge in [-0.1, -0.05) is 55.0 Å². The summed E-state index contributed by atoms with van der Waals surface area (Å²) < 4.78 is 4.71. The summed E-state index contributed by atoms with van der Waals surface area (Å²) in [7, 11) is 2.98. The zero-order valence-electron chi connectivity index (χ0n) is 10.8. The highest BCUT2D eigenvalue weighted by molar-refractivity contribution is 8.77. The summed E-state index contributed by atoms with van der Waals surface area (Å²) in [4.78, 5) is 22.2. The van der Waals surface area contributed by atoms with Crippen molar-refractivity contribution in [1.29, 1.82) is 0 Å². The quantitative estimate of drug-likeness (QED) is 0.555. The molecule has 0 radical (unpaired) electrons. The maximum Gasteiger partial charge on any atom is 0.408 e. The van der Waals surface area contributed by atoms with Crippen LogP contribution < -0.4 is 5.32 Å². The standard InChI is InChI=1S/C11H19NO4S2/c1-5-6-16-10(15)12-8(9(13)14)7-17-18-11(2,3)4/h5,8H,1,6-7H2,2-4H3,(H,12,15)(H,13,14). The van der Waals surface area contributed by atoms with Crippen molar-refractivity contribution in [3.05, 3.63) is 12.7 Å². The van der Waals surface area contributed by atoms with Crippen LogP contribution in [0.4, 0.5) is 4.79 Å². The third-order valence-corrected chi connectivity index (χ3v) is 4.82. The summed E-state index contributed by atoms with van der Waals surface area (Å²) in [6.07, 6.45) is 0.670. The highest BCUT2D eigenvalue weighted by Crippen LogP contribution is 2.35. The molecule has 0 aromatic rings. The Hall–Kier alpha value is -0.820. The van der Waals surface area contributed by atoms with Gasteiger partial charge in [-0.15, -0.1) is 0 Å². The Balaban J connectivity index is 4.11. The fourth-order valence-corrected chi connectivity index (χ4v) is 3.23. The number of carbonyl (C=O) groups is 2. The van der Waals surface area contributed by atoms with E-state index in [0.29, 0.717) is 0 Å². The Morgan fingerprint density at radius 2 is 2.11 bits per heavy atom. The molecule has 2 N–H and O–H groups in total. The first-order valence-corrected chi connectivity index (χ1v) is 7.66. The molecule has 1 atom stereocenters. The van der Waals surface area contributed by atoms with E-state index in [0.717, 1.165) is 0 Å². The molecule has 0 aliphatic heterocycles. The first-order valence-electron chi connectivity index (χ1n) is 5.34. The fourth-order valence-electron chi connectivity index (χ4n) is 0.772. The van der Waals surface area contributed by atoms with Gasteiger partial charge in [0.15, 0.2) is 0 Å². The summed E-state index contributed by atoms with van der Waals surface area (Å²) in [5.74, 6) is -0.798. The average molecular weight is 293 g/mol. The number of carboxylic acid groups (broad SMARTS) is 1. The zero-order chi connectivity index (χ0) is 14.2. The Morgan fingerprint density at radius 1 is 1.50 bits per heavy atom. The Morgan fingerprint density at radius 3 is 2.56 bits per heavy atom. The second-order valence-corrected chi connectivity index (χ2v) is 7.57. The number of hydrogen-bond donors (Lipinski definition) is 2. The maximum atomic E-state index is 11.2. The van der Waals surface area contributed by atoms with E-state index >= 15 is 0 Å². The normalized spacial score (nSPS) is 12.6. The minimum absolute atomic E-state index is 0.0388. The second kappa shape index (κ2) is 8.31. The van der Waals surface area contributed by atoms with Crippen LogP contribution in [0, 0.1) is 0 Å². The summed E-state index contributed by atoms with van der Waals surface area (Å²) in [6.45, 7) is 9.55. The van der Waals surface area contributed by atoms with Gasteiger partial charge >= 0.3 is 12.1 Å². The molecule has 1 amide bonds. The molecule has 0 aromatic carbocycles. The predicted octanol–water partition coefficient (Wildman–Crippen LogP) is 2.53. The van der Waals surface area contributed by atoms with Gasteiger partial charge in [0, 0.05) is 10.5 Å². The first kappa shape index (κ1) is 17.2. The van der Waals surface area contributed by atoms with Crippen molar-refractivity contribution in [2.45, 2.75) is 31.6 Å². The zero-order valence-corrected chi connectivity index (χ0v) is 12.4. The minimum atomic E-state index is -1.08. The van der Waals surface area contributed by atoms with Crippen LogP contribution in [0.5, 0.6) is 0 Å². The molecule has 0 fully saturated rings. The molecule has 18 heavy (non-hydrogen) atoms. The maximum absolute atomic E-state index is 11.2. The van der Waals surface area contributed by atoms with Crippen LogP contribution in [0.25, 0.3) is 0 Å². The van der Waals surface area contributed by atoms with E-state index in [1.54, 1.807) is 10.8 Å². The number of hydrogen-bond acceptors (Lipinski definition) is 5. The topological polar surface area (TPSA) is 75.6 Å². The smallest absolute Gasteiger partial charge is 0.408 e. The summed E-state index contributed by atoms with van der Waals surface area (Å²) in [5.41, 5.74) is 0. The van der Waals surface area contributed by atoms with Crippen molar-refractivity contribution in [1.82, 2.24) is 5.32 Å². The van der Waals surface area contributed by atoms with E-state index in [9.17, 15) is 9.59 Å². The second-order valence-electron chi connectivity index (χ2n) is 4.40. The molecule has 5 nitrogen and oxygen atoms in total. The lowest BCUT2D eigenvalue weighted by Crippen LogP contribution is -2.42. The number of carboxylic acids is 1. The van der Waals surface area contributed by atoms with Crippen LogP contribution in [0.3, 0.4) is 0 Å². The van der Waals surface area contributed by atoms with Gasteiger partial charge in [-0.2, -0.15) is 0 Å². The Kier molecular flexibility index (Phi) is 7.93. The van der Waals surface area contributed by atoms with Gasteiger partial charge in [0.05, 0.1) is 0 Å². The van der Waals surface area contributed by atoms with Crippen molar-refractivity contribution < 1.29 is 19.4 Å². The van der Waals surface area contributed by atoms with Gasteiger partial charge in [-0.3, -0.25) is 0 Å². The number of rotatable bonds is 7. The van der Waals surface area contributed by atoms with E-state index in [-0.39, 0.29) is 17.1 Å². The molecule has 7 heteroatoms. The van der Waals surface area contributed by atoms with Crippen LogP contribution in [-0.2, 0) is 9.53 Å². The van der Waals surface area contributed by atoms with Crippen molar-refractivity contribution in [3.63, 3.8) is 0 Å². The Bertz CT molecular complexity index is 302. The summed E-state index contributed by atoms with van der Waals surface area (Å²) in [5, 5.41) is 11.3. The lowest BCUT2D eigenvalue weighted by molar-refractivity contribution is -0.138. The van der Waals surface area contributed by atoms with Crippen LogP contribution in [0.1, 0.15) is 20.8 Å². The summed E-state index contributed by atoms with van der Waals surface area (Å²) in [6, 6.07) is -0.956. The minimum Gasteiger partial charge on any atom is -0.480 e. The third kappa shape index (κ3) is 9.23. The van der Waals surface area contributed by atoms with E-state index in [4.69, 9.17) is 5.11 Å². The molecule has 0 spiro atoms. The van der Waals surface area contributed by atoms with Gasteiger partial charge < -0.3 is 15.2 Å². The van der Waals surface area contributed by atoms with Crippen molar-refractivity contribution >= 4 is 33.7 Å². The summed E-state index contributed by atoms with van der Waals surface area (Å²) >= 11 is 0. The molecule has 0 heterocycles. The van der Waals surface area contributed by atoms with E-state index < -0.39 is 18.1 Å². The van der Waals surface area contributed by atoms with Gasteiger partial charge in [0.2, 0.25) is 0 Å². The van der Waals surface area contributed by atoms with Gasteiger partial charge in [0.25, 0.3) is 0 Å². The third-order valence-electron chi connectivity index (χ3n) is 1.47. The number of alkyl carbamates (subject to hydrolysis) is 1. The molecule has 0 rings (SSSR count). The monoisotopic (exact) mass is 293 g/mol. The molecule has 0 aliphatic carbocycles. The van der Waals surface area contributed by atoms with Crippen LogP contribution in [-0.4, -0.2) is 40.3 Å². The molecule has 0 saturated heterocycles. The molecular formula is C11H19NO4S2. The van der Waals surface area contributed by atoms with Gasteiger partial charge in [0.1, 0.15) is 12.6 Å². The highest BCUT2D eigenvalue weighted by Gasteiger charge is 2.22. The van der Waals surface area contributed by atoms with Crippen LogP contribution in [0.2, 0.25) is 0 Å². The fraction of sp³-hybridized carbons (Fsp3) is 0.636. The average Bonchev–Trinajstić information content (AvgIpc) is 2.23. The van der Waals surface area contributed by atoms with Crippen molar-refractivity contribution in [2.24, 2.45) is 0 Å². The van der Waals surface area contributed by atoms with E-state index in [1.807, 2.05) is 20.8 Å². The number of nitrogens with one attached hydrogen (secondary N) is 1. The van der Waals surface area contributed by atoms with Crippen molar-refractivity contribution in [2.75, 3.05) is 12.4 Å². The first-order chi connectivity index (χ1) is 8.26. The molecule has 1 unspecified atom stereocenters. The van der Waals surface area contributed by atoms with Gasteiger partial charge in [-0.25, -0.2) is 9.59 Å². The van der Waals surface area contributed by atoms with Crippen LogP contribution in [0.15, 0.2) is 12.7 Å². The molecular weight excluding hydrogens is 274 g/mol. The van der Waals surface area contributed by atoms with E-state index in [2.05, 4.69) is 16.6 Å². The molecule has 0 saturated carbocycles. The molecule has 0 aromatic heterocycles. The predicted molar refractivity (Wildman–Crippen MR) is 75.9 cm³/mol. The van der Waals surface area contributed by atoms with Gasteiger partial charge in [-0.05, 0) is 0 Å². The lowest BCUT2D eigenvalue weighted by atomic mass is 10.3. The number of carbonyl (C=O) groups excluding carboxylic acids is 1. The highest BCUT2D eigenvalue weighted by atomic mass is 33.1. The van der Waals surface area contributed by atoms with Crippen LogP contribution >= 0.6 is 21.6 Å².